The number of nitrogens with one attached hydrogen (secondary N) is 1. The lowest BCUT2D eigenvalue weighted by molar-refractivity contribution is -0.142. The molecular weight excluding hydrogens is 276 g/mol. The van der Waals surface area contributed by atoms with E-state index < -0.39 is 11.9 Å². The van der Waals surface area contributed by atoms with Gasteiger partial charge in [-0.25, -0.2) is 4.79 Å². The van der Waals surface area contributed by atoms with Crippen LogP contribution in [-0.4, -0.2) is 41.4 Å². The van der Waals surface area contributed by atoms with E-state index in [1.54, 1.807) is 16.7 Å². The van der Waals surface area contributed by atoms with Crippen molar-refractivity contribution in [2.24, 2.45) is 11.8 Å². The summed E-state index contributed by atoms with van der Waals surface area (Å²) >= 11 is 1.60. The minimum atomic E-state index is -0.836. The summed E-state index contributed by atoms with van der Waals surface area (Å²) in [4.78, 5) is 25.8. The van der Waals surface area contributed by atoms with Gasteiger partial charge in [-0.3, -0.25) is 4.79 Å². The van der Waals surface area contributed by atoms with Crippen LogP contribution in [-0.2, 0) is 4.79 Å². The molecule has 1 saturated heterocycles. The number of hydrogen-bond acceptors (Lipinski definition) is 3. The predicted molar refractivity (Wildman–Crippen MR) is 79.1 cm³/mol. The molecule has 1 fully saturated rings. The maximum atomic E-state index is 12.1. The van der Waals surface area contributed by atoms with Crippen LogP contribution in [0.2, 0.25) is 0 Å². The van der Waals surface area contributed by atoms with Crippen LogP contribution in [0.5, 0.6) is 0 Å². The zero-order chi connectivity index (χ0) is 14.7. The van der Waals surface area contributed by atoms with E-state index in [1.165, 1.54) is 0 Å². The summed E-state index contributed by atoms with van der Waals surface area (Å²) < 4.78 is 0. The van der Waals surface area contributed by atoms with Crippen LogP contribution < -0.4 is 5.32 Å². The number of urea groups is 1. The minimum absolute atomic E-state index is 0.0178. The van der Waals surface area contributed by atoms with Gasteiger partial charge in [-0.05, 0) is 30.4 Å². The largest absolute Gasteiger partial charge is 0.481 e. The highest BCUT2D eigenvalue weighted by Crippen LogP contribution is 2.24. The Bertz CT molecular complexity index is 521. The number of carbonyl (C=O) groups excluding carboxylic acids is 1. The van der Waals surface area contributed by atoms with Crippen molar-refractivity contribution in [2.45, 2.75) is 11.8 Å². The number of carboxylic acids is 1. The number of carboxylic acid groups (broad SMARTS) is 1. The smallest absolute Gasteiger partial charge is 0.321 e. The molecule has 1 aromatic carbocycles. The van der Waals surface area contributed by atoms with Crippen LogP contribution in [0.15, 0.2) is 29.2 Å². The first-order valence-electron chi connectivity index (χ1n) is 6.44. The second-order valence-corrected chi connectivity index (χ2v) is 5.87. The van der Waals surface area contributed by atoms with Crippen LogP contribution in [0.25, 0.3) is 0 Å². The van der Waals surface area contributed by atoms with Gasteiger partial charge in [0.25, 0.3) is 0 Å². The maximum absolute atomic E-state index is 12.1. The van der Waals surface area contributed by atoms with Gasteiger partial charge < -0.3 is 15.3 Å². The number of carbonyl (C=O) groups is 2. The molecule has 1 aliphatic rings. The summed E-state index contributed by atoms with van der Waals surface area (Å²) in [7, 11) is 0. The number of hydrogen-bond donors (Lipinski definition) is 2. The van der Waals surface area contributed by atoms with Gasteiger partial charge >= 0.3 is 12.0 Å². The number of anilines is 1. The Labute approximate surface area is 122 Å². The molecule has 108 valence electrons. The quantitative estimate of drug-likeness (QED) is 0.841. The average molecular weight is 294 g/mol. The molecule has 0 aliphatic carbocycles. The Kier molecular flexibility index (Phi) is 4.54. The molecule has 0 bridgehead atoms. The highest BCUT2D eigenvalue weighted by molar-refractivity contribution is 7.98. The molecule has 2 amide bonds. The standard InChI is InChI=1S/C14H18N2O3S/c1-9-7-16(8-12(9)13(17)18)14(19)15-10-4-3-5-11(6-10)20-2/h3-6,9,12H,7-8H2,1-2H3,(H,15,19)(H,17,18)/t9-,12-/m1/s1. The lowest BCUT2D eigenvalue weighted by Crippen LogP contribution is -2.33. The van der Waals surface area contributed by atoms with E-state index in [0.717, 1.165) is 10.6 Å². The van der Waals surface area contributed by atoms with Crippen molar-refractivity contribution in [3.8, 4) is 0 Å². The molecule has 2 N–H and O–H groups in total. The fourth-order valence-electron chi connectivity index (χ4n) is 2.36. The Morgan fingerprint density at radius 1 is 1.40 bits per heavy atom. The molecule has 20 heavy (non-hydrogen) atoms. The third kappa shape index (κ3) is 3.25. The molecule has 2 rings (SSSR count). The van der Waals surface area contributed by atoms with Gasteiger partial charge in [0.1, 0.15) is 0 Å². The molecular formula is C14H18N2O3S. The minimum Gasteiger partial charge on any atom is -0.481 e. The Morgan fingerprint density at radius 3 is 2.75 bits per heavy atom. The van der Waals surface area contributed by atoms with Crippen molar-refractivity contribution < 1.29 is 14.7 Å². The number of nitrogens with zero attached hydrogens (tertiary/aromatic N) is 1. The van der Waals surface area contributed by atoms with Gasteiger partial charge in [-0.1, -0.05) is 13.0 Å². The summed E-state index contributed by atoms with van der Waals surface area (Å²) in [6, 6.07) is 7.34. The second-order valence-electron chi connectivity index (χ2n) is 4.99. The number of thioether (sulfide) groups is 1. The fraction of sp³-hybridized carbons (Fsp3) is 0.429. The van der Waals surface area contributed by atoms with E-state index in [2.05, 4.69) is 5.32 Å². The van der Waals surface area contributed by atoms with Crippen LogP contribution in [0, 0.1) is 11.8 Å². The van der Waals surface area contributed by atoms with E-state index >= 15 is 0 Å². The van der Waals surface area contributed by atoms with Gasteiger partial charge in [-0.15, -0.1) is 11.8 Å². The third-order valence-electron chi connectivity index (χ3n) is 3.54. The van der Waals surface area contributed by atoms with Gasteiger partial charge in [-0.2, -0.15) is 0 Å². The van der Waals surface area contributed by atoms with E-state index in [4.69, 9.17) is 5.11 Å². The molecule has 6 heteroatoms. The molecule has 0 radical (unpaired) electrons. The number of amides is 2. The Hall–Kier alpha value is -1.69. The highest BCUT2D eigenvalue weighted by atomic mass is 32.2. The molecule has 1 aromatic rings. The van der Waals surface area contributed by atoms with E-state index in [-0.39, 0.29) is 18.5 Å². The van der Waals surface area contributed by atoms with Gasteiger partial charge in [0, 0.05) is 23.7 Å². The van der Waals surface area contributed by atoms with E-state index in [1.807, 2.05) is 37.4 Å². The van der Waals surface area contributed by atoms with Crippen molar-refractivity contribution in [1.82, 2.24) is 4.90 Å². The van der Waals surface area contributed by atoms with Crippen molar-refractivity contribution >= 4 is 29.4 Å². The normalized spacial score (nSPS) is 21.8. The molecule has 0 saturated carbocycles. The van der Waals surface area contributed by atoms with E-state index in [9.17, 15) is 9.59 Å². The summed E-state index contributed by atoms with van der Waals surface area (Å²) in [5.41, 5.74) is 0.730. The lowest BCUT2D eigenvalue weighted by Gasteiger charge is -2.17. The summed E-state index contributed by atoms with van der Waals surface area (Å²) in [6.07, 6.45) is 1.97. The average Bonchev–Trinajstić information content (AvgIpc) is 2.81. The lowest BCUT2D eigenvalue weighted by atomic mass is 9.99. The monoisotopic (exact) mass is 294 g/mol. The number of likely N-dealkylation sites (tertiary alicyclic amines) is 1. The second kappa shape index (κ2) is 6.17. The molecule has 2 atom stereocenters. The summed E-state index contributed by atoms with van der Waals surface area (Å²) in [5.74, 6) is -1.33. The van der Waals surface area contributed by atoms with Crippen molar-refractivity contribution in [1.29, 1.82) is 0 Å². The first kappa shape index (κ1) is 14.7. The molecule has 0 aromatic heterocycles. The molecule has 0 unspecified atom stereocenters. The summed E-state index contributed by atoms with van der Waals surface area (Å²) in [5, 5.41) is 11.9. The van der Waals surface area contributed by atoms with Gasteiger partial charge in [0.15, 0.2) is 0 Å². The maximum Gasteiger partial charge on any atom is 0.321 e. The Morgan fingerprint density at radius 2 is 2.15 bits per heavy atom. The van der Waals surface area contributed by atoms with Crippen molar-refractivity contribution in [2.75, 3.05) is 24.7 Å². The number of rotatable bonds is 3. The third-order valence-corrected chi connectivity index (χ3v) is 4.26. The van der Waals surface area contributed by atoms with Crippen LogP contribution in [0.4, 0.5) is 10.5 Å². The van der Waals surface area contributed by atoms with Crippen molar-refractivity contribution in [3.05, 3.63) is 24.3 Å². The molecule has 1 heterocycles. The number of benzene rings is 1. The highest BCUT2D eigenvalue weighted by Gasteiger charge is 2.36. The zero-order valence-electron chi connectivity index (χ0n) is 11.5. The zero-order valence-corrected chi connectivity index (χ0v) is 12.3. The van der Waals surface area contributed by atoms with Crippen molar-refractivity contribution in [3.63, 3.8) is 0 Å². The van der Waals surface area contributed by atoms with Crippen LogP contribution in [0.3, 0.4) is 0 Å². The van der Waals surface area contributed by atoms with Gasteiger partial charge in [0.2, 0.25) is 0 Å². The van der Waals surface area contributed by atoms with Crippen LogP contribution in [0.1, 0.15) is 6.92 Å². The topological polar surface area (TPSA) is 69.6 Å². The fourth-order valence-corrected chi connectivity index (χ4v) is 2.82. The first-order valence-corrected chi connectivity index (χ1v) is 7.66. The number of aliphatic carboxylic acids is 1. The molecule has 1 aliphatic heterocycles. The SMILES string of the molecule is CSc1cccc(NC(=O)N2C[C@@H](C)[C@H](C(=O)O)C2)c1. The molecule has 0 spiro atoms. The summed E-state index contributed by atoms with van der Waals surface area (Å²) in [6.45, 7) is 2.61. The predicted octanol–water partition coefficient (Wildman–Crippen LogP) is 2.59. The van der Waals surface area contributed by atoms with Crippen LogP contribution >= 0.6 is 11.8 Å². The van der Waals surface area contributed by atoms with E-state index in [0.29, 0.717) is 6.54 Å². The first-order chi connectivity index (χ1) is 9.51. The molecule has 5 nitrogen and oxygen atoms in total. The van der Waals surface area contributed by atoms with Gasteiger partial charge in [0.05, 0.1) is 5.92 Å². The Balaban J connectivity index is 2.00.